The van der Waals surface area contributed by atoms with Crippen molar-refractivity contribution in [1.82, 2.24) is 0 Å². The lowest BCUT2D eigenvalue weighted by Gasteiger charge is -2.41. The van der Waals surface area contributed by atoms with Crippen LogP contribution in [0.4, 0.5) is 0 Å². The van der Waals surface area contributed by atoms with Crippen molar-refractivity contribution >= 4 is 17.7 Å². The fraction of sp³-hybridized carbons (Fsp3) is 0.833. The van der Waals surface area contributed by atoms with Crippen LogP contribution in [-0.2, 0) is 9.53 Å². The van der Waals surface area contributed by atoms with Crippen molar-refractivity contribution in [3.05, 3.63) is 0 Å². The van der Waals surface area contributed by atoms with Gasteiger partial charge >= 0.3 is 5.97 Å². The third-order valence-corrected chi connectivity index (χ3v) is 3.33. The molecule has 3 rings (SSSR count). The molecular weight excluding hydrogens is 168 g/mol. The van der Waals surface area contributed by atoms with Crippen molar-refractivity contribution in [2.75, 3.05) is 5.75 Å². The van der Waals surface area contributed by atoms with Gasteiger partial charge in [0.15, 0.2) is 0 Å². The van der Waals surface area contributed by atoms with Gasteiger partial charge in [-0.15, -0.1) is 11.8 Å². The maximum atomic E-state index is 10.9. The highest BCUT2D eigenvalue weighted by Gasteiger charge is 2.49. The van der Waals surface area contributed by atoms with Crippen molar-refractivity contribution in [2.24, 2.45) is 0 Å². The van der Waals surface area contributed by atoms with E-state index in [-0.39, 0.29) is 0 Å². The number of hydrogen-bond donors (Lipinski definition) is 2. The second-order valence-electron chi connectivity index (χ2n) is 2.71. The average Bonchev–Trinajstić information content (AvgIpc) is 1.99. The molecule has 0 radical (unpaired) electrons. The summed E-state index contributed by atoms with van der Waals surface area (Å²) in [4.78, 5) is 10.9. The zero-order chi connectivity index (χ0) is 8.01. The number of ether oxygens (including phenoxy) is 1. The lowest BCUT2D eigenvalue weighted by molar-refractivity contribution is -0.175. The van der Waals surface area contributed by atoms with Crippen LogP contribution in [0.1, 0.15) is 0 Å². The summed E-state index contributed by atoms with van der Waals surface area (Å²) in [6.07, 6.45) is -2.34. The van der Waals surface area contributed by atoms with Crippen LogP contribution in [0.5, 0.6) is 0 Å². The van der Waals surface area contributed by atoms with E-state index in [1.165, 1.54) is 11.8 Å². The van der Waals surface area contributed by atoms with Gasteiger partial charge in [-0.05, 0) is 0 Å². The van der Waals surface area contributed by atoms with Gasteiger partial charge in [-0.25, -0.2) is 0 Å². The minimum atomic E-state index is -0.944. The van der Waals surface area contributed by atoms with Crippen LogP contribution in [0, 0.1) is 0 Å². The summed E-state index contributed by atoms with van der Waals surface area (Å²) in [5.74, 6) is 0.193. The second-order valence-corrected chi connectivity index (χ2v) is 3.88. The van der Waals surface area contributed by atoms with Gasteiger partial charge in [-0.1, -0.05) is 0 Å². The molecule has 3 aliphatic rings. The van der Waals surface area contributed by atoms with Crippen LogP contribution in [0.3, 0.4) is 0 Å². The Morgan fingerprint density at radius 3 is 2.64 bits per heavy atom. The molecule has 0 aromatic rings. The van der Waals surface area contributed by atoms with Gasteiger partial charge in [0.1, 0.15) is 23.6 Å². The number of fused-ring (bicyclic) bond motifs is 3. The number of esters is 1. The lowest BCUT2D eigenvalue weighted by atomic mass is 10.0. The molecule has 62 valence electrons. The molecular formula is C6H8O4S. The first-order valence-electron chi connectivity index (χ1n) is 3.38. The SMILES string of the molecule is O=C1O[C@H]2CS[C@@H]1[C@@H](O)[C@@H]2O. The van der Waals surface area contributed by atoms with E-state index < -0.39 is 29.5 Å². The molecule has 11 heavy (non-hydrogen) atoms. The van der Waals surface area contributed by atoms with Gasteiger partial charge in [-0.2, -0.15) is 0 Å². The first-order valence-corrected chi connectivity index (χ1v) is 4.43. The molecule has 3 heterocycles. The van der Waals surface area contributed by atoms with E-state index in [9.17, 15) is 15.0 Å². The number of hydrogen-bond acceptors (Lipinski definition) is 5. The fourth-order valence-corrected chi connectivity index (χ4v) is 2.53. The standard InChI is InChI=1S/C6H8O4S/c7-3-2-1-11-5(4(3)8)6(9)10-2/h2-5,7-8H,1H2/t2-,3+,4-,5+/m0/s1. The number of carbonyl (C=O) groups is 1. The zero-order valence-electron chi connectivity index (χ0n) is 5.64. The Balaban J connectivity index is 2.23. The Morgan fingerprint density at radius 2 is 2.18 bits per heavy atom. The van der Waals surface area contributed by atoms with Gasteiger partial charge in [-0.3, -0.25) is 4.79 Å². The highest BCUT2D eigenvalue weighted by Crippen LogP contribution is 2.34. The molecule has 5 heteroatoms. The largest absolute Gasteiger partial charge is 0.458 e. The van der Waals surface area contributed by atoms with E-state index in [1.54, 1.807) is 0 Å². The van der Waals surface area contributed by atoms with Crippen LogP contribution >= 0.6 is 11.8 Å². The topological polar surface area (TPSA) is 66.8 Å². The van der Waals surface area contributed by atoms with Gasteiger partial charge < -0.3 is 14.9 Å². The lowest BCUT2D eigenvalue weighted by Crippen LogP contribution is -2.59. The third-order valence-electron chi connectivity index (χ3n) is 1.98. The van der Waals surface area contributed by atoms with Crippen LogP contribution < -0.4 is 0 Å². The smallest absolute Gasteiger partial charge is 0.322 e. The van der Waals surface area contributed by atoms with Gasteiger partial charge in [0, 0.05) is 5.75 Å². The first kappa shape index (κ1) is 7.39. The summed E-state index contributed by atoms with van der Waals surface area (Å²) < 4.78 is 4.80. The molecule has 0 spiro atoms. The Bertz CT molecular complexity index is 193. The predicted octanol–water partition coefficient (Wildman–Crippen LogP) is -1.25. The van der Waals surface area contributed by atoms with Crippen molar-refractivity contribution in [2.45, 2.75) is 23.6 Å². The van der Waals surface area contributed by atoms with Crippen LogP contribution in [0.2, 0.25) is 0 Å². The molecule has 3 saturated heterocycles. The number of carbonyl (C=O) groups excluding carboxylic acids is 1. The van der Waals surface area contributed by atoms with E-state index in [1.807, 2.05) is 0 Å². The molecule has 0 amide bonds. The van der Waals surface area contributed by atoms with E-state index in [0.717, 1.165) is 0 Å². The summed E-state index contributed by atoms with van der Waals surface area (Å²) in [6.45, 7) is 0. The summed E-state index contributed by atoms with van der Waals surface area (Å²) >= 11 is 1.35. The maximum Gasteiger partial charge on any atom is 0.322 e. The van der Waals surface area contributed by atoms with Gasteiger partial charge in [0.05, 0.1) is 0 Å². The Labute approximate surface area is 67.5 Å². The monoisotopic (exact) mass is 176 g/mol. The van der Waals surface area contributed by atoms with E-state index in [2.05, 4.69) is 0 Å². The van der Waals surface area contributed by atoms with E-state index >= 15 is 0 Å². The summed E-state index contributed by atoms with van der Waals surface area (Å²) in [7, 11) is 0. The molecule has 2 N–H and O–H groups in total. The van der Waals surface area contributed by atoms with Crippen LogP contribution in [-0.4, -0.2) is 45.5 Å². The summed E-state index contributed by atoms with van der Waals surface area (Å²) in [5, 5.41) is 17.9. The number of thioether (sulfide) groups is 1. The fourth-order valence-electron chi connectivity index (χ4n) is 1.32. The Kier molecular flexibility index (Phi) is 1.59. The molecule has 0 unspecified atom stereocenters. The highest BCUT2D eigenvalue weighted by atomic mass is 32.2. The minimum Gasteiger partial charge on any atom is -0.458 e. The van der Waals surface area contributed by atoms with Crippen molar-refractivity contribution in [3.8, 4) is 0 Å². The number of rotatable bonds is 0. The zero-order valence-corrected chi connectivity index (χ0v) is 6.45. The average molecular weight is 176 g/mol. The van der Waals surface area contributed by atoms with Gasteiger partial charge in [0.2, 0.25) is 0 Å². The molecule has 0 aliphatic carbocycles. The number of aliphatic hydroxyl groups is 2. The van der Waals surface area contributed by atoms with Crippen LogP contribution in [0.15, 0.2) is 0 Å². The molecule has 4 nitrogen and oxygen atoms in total. The van der Waals surface area contributed by atoms with E-state index in [0.29, 0.717) is 5.75 Å². The van der Waals surface area contributed by atoms with Gasteiger partial charge in [0.25, 0.3) is 0 Å². The molecule has 3 aliphatic heterocycles. The summed E-state index contributed by atoms with van der Waals surface area (Å²) in [6, 6.07) is 0. The van der Waals surface area contributed by atoms with Crippen molar-refractivity contribution < 1.29 is 19.7 Å². The minimum absolute atomic E-state index is 0.399. The molecule has 2 bridgehead atoms. The summed E-state index contributed by atoms with van der Waals surface area (Å²) in [5.41, 5.74) is 0. The Hall–Kier alpha value is -0.260. The molecule has 0 aromatic heterocycles. The first-order chi connectivity index (χ1) is 5.20. The molecule has 0 saturated carbocycles. The predicted molar refractivity (Wildman–Crippen MR) is 38.1 cm³/mol. The molecule has 0 aromatic carbocycles. The van der Waals surface area contributed by atoms with Crippen molar-refractivity contribution in [1.29, 1.82) is 0 Å². The van der Waals surface area contributed by atoms with Crippen LogP contribution in [0.25, 0.3) is 0 Å². The highest BCUT2D eigenvalue weighted by molar-refractivity contribution is 8.00. The normalized spacial score (nSPS) is 49.1. The number of aliphatic hydroxyl groups excluding tert-OH is 2. The maximum absolute atomic E-state index is 10.9. The Morgan fingerprint density at radius 1 is 1.45 bits per heavy atom. The quantitative estimate of drug-likeness (QED) is 0.451. The van der Waals surface area contributed by atoms with E-state index in [4.69, 9.17) is 4.74 Å². The third kappa shape index (κ3) is 0.953. The molecule has 3 fully saturated rings. The second kappa shape index (κ2) is 2.36. The van der Waals surface area contributed by atoms with Crippen molar-refractivity contribution in [3.63, 3.8) is 0 Å². The molecule has 4 atom stereocenters.